The first kappa shape index (κ1) is 14.3. The molecule has 108 valence electrons. The van der Waals surface area contributed by atoms with Crippen LogP contribution in [-0.2, 0) is 0 Å². The first-order valence-corrected chi connectivity index (χ1v) is 6.59. The summed E-state index contributed by atoms with van der Waals surface area (Å²) in [6.45, 7) is 5.76. The van der Waals surface area contributed by atoms with Gasteiger partial charge in [0.1, 0.15) is 11.3 Å². The van der Waals surface area contributed by atoms with E-state index in [0.717, 1.165) is 19.6 Å². The van der Waals surface area contributed by atoms with Crippen molar-refractivity contribution in [1.82, 2.24) is 9.80 Å². The maximum absolute atomic E-state index is 12.4. The Morgan fingerprint density at radius 1 is 1.35 bits per heavy atom. The van der Waals surface area contributed by atoms with Gasteiger partial charge in [0.05, 0.1) is 4.92 Å². The highest BCUT2D eigenvalue weighted by Gasteiger charge is 2.28. The fraction of sp³-hybridized carbons (Fsp3) is 0.462. The van der Waals surface area contributed by atoms with Crippen LogP contribution in [0.5, 0.6) is 0 Å². The third-order valence-corrected chi connectivity index (χ3v) is 3.59. The van der Waals surface area contributed by atoms with Crippen molar-refractivity contribution in [3.63, 3.8) is 0 Å². The minimum atomic E-state index is -0.592. The summed E-state index contributed by atoms with van der Waals surface area (Å²) in [5.74, 6) is -0.320. The molecule has 0 aromatic heterocycles. The average Bonchev–Trinajstić information content (AvgIpc) is 2.46. The largest absolute Gasteiger partial charge is 0.393 e. The van der Waals surface area contributed by atoms with Crippen molar-refractivity contribution >= 4 is 17.3 Å². The second-order valence-electron chi connectivity index (χ2n) is 4.73. The Balaban J connectivity index is 2.22. The normalized spacial score (nSPS) is 16.1. The van der Waals surface area contributed by atoms with Crippen LogP contribution >= 0.6 is 0 Å². The van der Waals surface area contributed by atoms with Crippen LogP contribution < -0.4 is 5.73 Å². The predicted molar refractivity (Wildman–Crippen MR) is 75.5 cm³/mol. The number of nitro groups is 1. The van der Waals surface area contributed by atoms with Crippen LogP contribution in [0.4, 0.5) is 11.4 Å². The number of nitrogens with two attached hydrogens (primary N) is 1. The van der Waals surface area contributed by atoms with Gasteiger partial charge >= 0.3 is 5.69 Å². The van der Waals surface area contributed by atoms with E-state index in [1.807, 2.05) is 0 Å². The Morgan fingerprint density at radius 3 is 2.55 bits per heavy atom. The zero-order valence-corrected chi connectivity index (χ0v) is 11.4. The molecule has 1 saturated heterocycles. The molecule has 1 aromatic carbocycles. The Hall–Kier alpha value is -2.15. The van der Waals surface area contributed by atoms with Crippen LogP contribution in [-0.4, -0.2) is 53.4 Å². The van der Waals surface area contributed by atoms with E-state index in [-0.39, 0.29) is 22.8 Å². The Morgan fingerprint density at radius 2 is 2.00 bits per heavy atom. The lowest BCUT2D eigenvalue weighted by Gasteiger charge is -2.34. The quantitative estimate of drug-likeness (QED) is 0.505. The fourth-order valence-electron chi connectivity index (χ4n) is 2.38. The van der Waals surface area contributed by atoms with Crippen molar-refractivity contribution in [3.05, 3.63) is 33.9 Å². The van der Waals surface area contributed by atoms with Gasteiger partial charge < -0.3 is 15.5 Å². The highest BCUT2D eigenvalue weighted by Crippen LogP contribution is 2.27. The molecule has 0 atom stereocenters. The summed E-state index contributed by atoms with van der Waals surface area (Å²) in [5.41, 5.74) is 5.41. The van der Waals surface area contributed by atoms with Gasteiger partial charge in [-0.2, -0.15) is 0 Å². The van der Waals surface area contributed by atoms with E-state index < -0.39 is 4.92 Å². The van der Waals surface area contributed by atoms with E-state index in [4.69, 9.17) is 5.73 Å². The molecule has 0 aliphatic carbocycles. The number of carbonyl (C=O) groups is 1. The Kier molecular flexibility index (Phi) is 4.19. The van der Waals surface area contributed by atoms with Crippen LogP contribution in [0, 0.1) is 10.1 Å². The molecule has 2 N–H and O–H groups in total. The summed E-state index contributed by atoms with van der Waals surface area (Å²) in [4.78, 5) is 26.8. The second-order valence-corrected chi connectivity index (χ2v) is 4.73. The number of anilines is 1. The van der Waals surface area contributed by atoms with Gasteiger partial charge in [0.25, 0.3) is 5.91 Å². The number of hydrogen-bond donors (Lipinski definition) is 1. The molecule has 1 aromatic rings. The molecule has 0 radical (unpaired) electrons. The van der Waals surface area contributed by atoms with E-state index in [0.29, 0.717) is 13.1 Å². The topological polar surface area (TPSA) is 92.7 Å². The van der Waals surface area contributed by atoms with E-state index in [2.05, 4.69) is 11.8 Å². The Bertz CT molecular complexity index is 524. The number of nitrogen functional groups attached to an aromatic ring is 1. The van der Waals surface area contributed by atoms with Gasteiger partial charge in [-0.3, -0.25) is 14.9 Å². The number of nitro benzene ring substituents is 1. The fourth-order valence-corrected chi connectivity index (χ4v) is 2.38. The smallest absolute Gasteiger partial charge is 0.304 e. The number of rotatable bonds is 3. The van der Waals surface area contributed by atoms with Gasteiger partial charge in [-0.1, -0.05) is 13.0 Å². The van der Waals surface area contributed by atoms with Gasteiger partial charge in [0.15, 0.2) is 0 Å². The molecule has 20 heavy (non-hydrogen) atoms. The number of carbonyl (C=O) groups excluding carboxylic acids is 1. The lowest BCUT2D eigenvalue weighted by atomic mass is 10.1. The van der Waals surface area contributed by atoms with E-state index >= 15 is 0 Å². The molecule has 7 heteroatoms. The van der Waals surface area contributed by atoms with Crippen molar-refractivity contribution < 1.29 is 9.72 Å². The summed E-state index contributed by atoms with van der Waals surface area (Å²) in [7, 11) is 0. The first-order valence-electron chi connectivity index (χ1n) is 6.59. The summed E-state index contributed by atoms with van der Waals surface area (Å²) in [5, 5.41) is 11.1. The summed E-state index contributed by atoms with van der Waals surface area (Å²) >= 11 is 0. The molecule has 0 bridgehead atoms. The minimum absolute atomic E-state index is 0.0213. The van der Waals surface area contributed by atoms with Crippen LogP contribution in [0.3, 0.4) is 0 Å². The summed E-state index contributed by atoms with van der Waals surface area (Å²) in [6, 6.07) is 4.46. The highest BCUT2D eigenvalue weighted by atomic mass is 16.6. The monoisotopic (exact) mass is 278 g/mol. The molecule has 1 fully saturated rings. The number of nitrogens with zero attached hydrogens (tertiary/aromatic N) is 3. The molecule has 1 aliphatic heterocycles. The van der Waals surface area contributed by atoms with Crippen molar-refractivity contribution in [1.29, 1.82) is 0 Å². The lowest BCUT2D eigenvalue weighted by Crippen LogP contribution is -2.48. The number of para-hydroxylation sites is 1. The van der Waals surface area contributed by atoms with Crippen molar-refractivity contribution in [2.75, 3.05) is 38.5 Å². The molecular weight excluding hydrogens is 260 g/mol. The Labute approximate surface area is 117 Å². The number of likely N-dealkylation sites (N-methyl/N-ethyl adjacent to an activating group) is 1. The van der Waals surface area contributed by atoms with Crippen molar-refractivity contribution in [3.8, 4) is 0 Å². The number of hydrogen-bond acceptors (Lipinski definition) is 5. The van der Waals surface area contributed by atoms with E-state index in [9.17, 15) is 14.9 Å². The van der Waals surface area contributed by atoms with Crippen LogP contribution in [0.1, 0.15) is 17.3 Å². The van der Waals surface area contributed by atoms with Crippen LogP contribution in [0.15, 0.2) is 18.2 Å². The molecule has 0 unspecified atom stereocenters. The van der Waals surface area contributed by atoms with Gasteiger partial charge in [-0.15, -0.1) is 0 Å². The van der Waals surface area contributed by atoms with Crippen LogP contribution in [0.2, 0.25) is 0 Å². The zero-order chi connectivity index (χ0) is 14.7. The number of piperazine rings is 1. The molecule has 1 heterocycles. The first-order chi connectivity index (χ1) is 9.54. The van der Waals surface area contributed by atoms with Crippen molar-refractivity contribution in [2.24, 2.45) is 0 Å². The standard InChI is InChI=1S/C13H18N4O3/c1-2-15-6-8-16(9-7-15)13(18)10-4-3-5-11(14)12(10)17(19)20/h3-5H,2,6-9,14H2,1H3. The molecule has 1 amide bonds. The minimum Gasteiger partial charge on any atom is -0.393 e. The zero-order valence-electron chi connectivity index (χ0n) is 11.4. The molecule has 1 aliphatic rings. The molecule has 0 spiro atoms. The predicted octanol–water partition coefficient (Wildman–Crippen LogP) is 0.955. The number of benzene rings is 1. The third kappa shape index (κ3) is 2.72. The van der Waals surface area contributed by atoms with Crippen molar-refractivity contribution in [2.45, 2.75) is 6.92 Å². The SMILES string of the molecule is CCN1CCN(C(=O)c2cccc(N)c2[N+](=O)[O-])CC1. The lowest BCUT2D eigenvalue weighted by molar-refractivity contribution is -0.384. The molecule has 0 saturated carbocycles. The molecular formula is C13H18N4O3. The van der Waals surface area contributed by atoms with E-state index in [1.54, 1.807) is 11.0 Å². The van der Waals surface area contributed by atoms with Gasteiger partial charge in [-0.25, -0.2) is 0 Å². The highest BCUT2D eigenvalue weighted by molar-refractivity contribution is 6.00. The maximum Gasteiger partial charge on any atom is 0.304 e. The summed E-state index contributed by atoms with van der Waals surface area (Å²) < 4.78 is 0. The molecule has 7 nitrogen and oxygen atoms in total. The van der Waals surface area contributed by atoms with Crippen LogP contribution in [0.25, 0.3) is 0 Å². The summed E-state index contributed by atoms with van der Waals surface area (Å²) in [6.07, 6.45) is 0. The third-order valence-electron chi connectivity index (χ3n) is 3.59. The number of amides is 1. The van der Waals surface area contributed by atoms with E-state index in [1.165, 1.54) is 12.1 Å². The maximum atomic E-state index is 12.4. The second kappa shape index (κ2) is 5.87. The molecule has 2 rings (SSSR count). The van der Waals surface area contributed by atoms with Gasteiger partial charge in [0.2, 0.25) is 0 Å². The average molecular weight is 278 g/mol. The van der Waals surface area contributed by atoms with Gasteiger partial charge in [0, 0.05) is 26.2 Å². The van der Waals surface area contributed by atoms with Gasteiger partial charge in [-0.05, 0) is 18.7 Å².